The van der Waals surface area contributed by atoms with E-state index in [1.807, 2.05) is 24.3 Å². The highest BCUT2D eigenvalue weighted by Gasteiger charge is 2.11. The molecule has 0 heterocycles. The van der Waals surface area contributed by atoms with Crippen LogP contribution in [-0.2, 0) is 0 Å². The van der Waals surface area contributed by atoms with E-state index in [9.17, 15) is 9.50 Å². The third-order valence-electron chi connectivity index (χ3n) is 2.75. The van der Waals surface area contributed by atoms with Crippen LogP contribution in [0.1, 0.15) is 18.0 Å². The highest BCUT2D eigenvalue weighted by Crippen LogP contribution is 2.30. The summed E-state index contributed by atoms with van der Waals surface area (Å²) in [4.78, 5) is 0. The van der Waals surface area contributed by atoms with Gasteiger partial charge in [-0.15, -0.1) is 12.4 Å². The van der Waals surface area contributed by atoms with Crippen LogP contribution in [0.5, 0.6) is 5.75 Å². The Morgan fingerprint density at radius 3 is 2.41 bits per heavy atom. The van der Waals surface area contributed by atoms with Crippen LogP contribution in [0.15, 0.2) is 36.4 Å². The molecule has 0 aromatic heterocycles. The maximum Gasteiger partial charge on any atom is 0.123 e. The number of hydrogen-bond donors (Lipinski definition) is 2. The molecule has 17 heavy (non-hydrogen) atoms. The van der Waals surface area contributed by atoms with Crippen molar-refractivity contribution in [3.63, 3.8) is 0 Å². The summed E-state index contributed by atoms with van der Waals surface area (Å²) >= 11 is 0. The molecular formula is C13H15ClFNO. The van der Waals surface area contributed by atoms with E-state index >= 15 is 0 Å². The fraction of sp³-hybridized carbons (Fsp3) is 0.231. The highest BCUT2D eigenvalue weighted by atomic mass is 35.5. The molecule has 0 radical (unpaired) electrons. The van der Waals surface area contributed by atoms with Crippen molar-refractivity contribution in [3.8, 4) is 5.75 Å². The summed E-state index contributed by atoms with van der Waals surface area (Å²) in [5.74, 6) is 0.229. The van der Waals surface area contributed by atoms with Crippen LogP contribution in [0.25, 0.3) is 10.8 Å². The van der Waals surface area contributed by atoms with Crippen LogP contribution in [-0.4, -0.2) is 11.8 Å². The molecule has 0 amide bonds. The van der Waals surface area contributed by atoms with Gasteiger partial charge in [0.1, 0.15) is 5.75 Å². The van der Waals surface area contributed by atoms with E-state index in [2.05, 4.69) is 0 Å². The van der Waals surface area contributed by atoms with E-state index in [1.165, 1.54) is 0 Å². The maximum atomic E-state index is 12.3. The van der Waals surface area contributed by atoms with Gasteiger partial charge < -0.3 is 10.8 Å². The number of phenolic OH excluding ortho intramolecular Hbond substituents is 1. The Balaban J connectivity index is 0.00000144. The molecule has 2 rings (SSSR count). The summed E-state index contributed by atoms with van der Waals surface area (Å²) in [5, 5.41) is 11.3. The predicted molar refractivity (Wildman–Crippen MR) is 70.4 cm³/mol. The van der Waals surface area contributed by atoms with E-state index in [1.54, 1.807) is 12.1 Å². The Hall–Kier alpha value is -1.32. The molecule has 4 heteroatoms. The molecule has 2 nitrogen and oxygen atoms in total. The zero-order valence-electron chi connectivity index (χ0n) is 9.27. The van der Waals surface area contributed by atoms with Crippen LogP contribution in [0.3, 0.4) is 0 Å². The third kappa shape index (κ3) is 2.68. The first kappa shape index (κ1) is 13.7. The second kappa shape index (κ2) is 5.84. The number of phenols is 1. The molecule has 0 spiro atoms. The molecule has 0 unspecified atom stereocenters. The van der Waals surface area contributed by atoms with Gasteiger partial charge in [-0.2, -0.15) is 0 Å². The topological polar surface area (TPSA) is 46.2 Å². The lowest BCUT2D eigenvalue weighted by Gasteiger charge is -2.13. The van der Waals surface area contributed by atoms with Crippen molar-refractivity contribution in [1.29, 1.82) is 0 Å². The summed E-state index contributed by atoms with van der Waals surface area (Å²) in [7, 11) is 0. The Kier molecular flexibility index (Phi) is 4.73. The summed E-state index contributed by atoms with van der Waals surface area (Å²) in [6.45, 7) is -0.434. The van der Waals surface area contributed by atoms with Crippen molar-refractivity contribution in [3.05, 3.63) is 42.0 Å². The first-order valence-corrected chi connectivity index (χ1v) is 5.26. The fourth-order valence-electron chi connectivity index (χ4n) is 1.90. The highest BCUT2D eigenvalue weighted by molar-refractivity contribution is 5.91. The lowest BCUT2D eigenvalue weighted by atomic mass is 9.97. The van der Waals surface area contributed by atoms with Crippen LogP contribution in [0.2, 0.25) is 0 Å². The number of benzene rings is 2. The number of alkyl halides is 1. The Bertz CT molecular complexity index is 504. The second-order valence-electron chi connectivity index (χ2n) is 3.80. The number of fused-ring (bicyclic) bond motifs is 1. The Morgan fingerprint density at radius 2 is 1.76 bits per heavy atom. The van der Waals surface area contributed by atoms with Crippen LogP contribution in [0.4, 0.5) is 4.39 Å². The molecule has 1 atom stereocenters. The van der Waals surface area contributed by atoms with Gasteiger partial charge in [0, 0.05) is 11.4 Å². The Morgan fingerprint density at radius 1 is 1.12 bits per heavy atom. The number of nitrogens with two attached hydrogens (primary N) is 1. The minimum atomic E-state index is -0.434. The SMILES string of the molecule is Cl.N[C@H](CCF)c1ccc(O)c2ccccc12. The van der Waals surface area contributed by atoms with Crippen molar-refractivity contribution < 1.29 is 9.50 Å². The molecule has 0 aliphatic heterocycles. The zero-order valence-corrected chi connectivity index (χ0v) is 10.1. The van der Waals surface area contributed by atoms with Gasteiger partial charge >= 0.3 is 0 Å². The zero-order chi connectivity index (χ0) is 11.5. The first-order valence-electron chi connectivity index (χ1n) is 5.26. The fourth-order valence-corrected chi connectivity index (χ4v) is 1.90. The summed E-state index contributed by atoms with van der Waals surface area (Å²) in [6, 6.07) is 10.5. The molecule has 0 bridgehead atoms. The quantitative estimate of drug-likeness (QED) is 0.884. The van der Waals surface area contributed by atoms with E-state index in [0.29, 0.717) is 6.42 Å². The largest absolute Gasteiger partial charge is 0.507 e. The van der Waals surface area contributed by atoms with Gasteiger partial charge in [0.05, 0.1) is 6.67 Å². The number of aromatic hydroxyl groups is 1. The van der Waals surface area contributed by atoms with Crippen LogP contribution < -0.4 is 5.73 Å². The molecular weight excluding hydrogens is 241 g/mol. The summed E-state index contributed by atoms with van der Waals surface area (Å²) in [6.07, 6.45) is 0.300. The third-order valence-corrected chi connectivity index (χ3v) is 2.75. The standard InChI is InChI=1S/C13H14FNO.ClH/c14-8-7-12(15)10-5-6-13(16)11-4-2-1-3-9(10)11;/h1-6,12,16H,7-8,15H2;1H/t12-;/m1./s1. The smallest absolute Gasteiger partial charge is 0.123 e. The van der Waals surface area contributed by atoms with E-state index < -0.39 is 6.67 Å². The van der Waals surface area contributed by atoms with Crippen molar-refractivity contribution in [2.75, 3.05) is 6.67 Å². The molecule has 3 N–H and O–H groups in total. The van der Waals surface area contributed by atoms with E-state index in [-0.39, 0.29) is 24.2 Å². The molecule has 0 aliphatic rings. The lowest BCUT2D eigenvalue weighted by Crippen LogP contribution is -2.11. The first-order chi connectivity index (χ1) is 7.74. The van der Waals surface area contributed by atoms with Gasteiger partial charge in [-0.3, -0.25) is 4.39 Å². The summed E-state index contributed by atoms with van der Waals surface area (Å²) in [5.41, 5.74) is 6.78. The van der Waals surface area contributed by atoms with Crippen molar-refractivity contribution in [1.82, 2.24) is 0 Å². The molecule has 2 aromatic carbocycles. The van der Waals surface area contributed by atoms with Crippen LogP contribution in [0, 0.1) is 0 Å². The molecule has 0 saturated carbocycles. The van der Waals surface area contributed by atoms with Gasteiger partial charge in [0.25, 0.3) is 0 Å². The van der Waals surface area contributed by atoms with Gasteiger partial charge in [-0.1, -0.05) is 30.3 Å². The van der Waals surface area contributed by atoms with Crippen molar-refractivity contribution >= 4 is 23.2 Å². The Labute approximate surface area is 106 Å². The minimum Gasteiger partial charge on any atom is -0.507 e. The maximum absolute atomic E-state index is 12.3. The van der Waals surface area contributed by atoms with Gasteiger partial charge in [-0.05, 0) is 23.4 Å². The van der Waals surface area contributed by atoms with Crippen molar-refractivity contribution in [2.24, 2.45) is 5.73 Å². The second-order valence-corrected chi connectivity index (χ2v) is 3.80. The van der Waals surface area contributed by atoms with Crippen molar-refractivity contribution in [2.45, 2.75) is 12.5 Å². The average Bonchev–Trinajstić information content (AvgIpc) is 2.30. The summed E-state index contributed by atoms with van der Waals surface area (Å²) < 4.78 is 12.3. The number of hydrogen-bond acceptors (Lipinski definition) is 2. The predicted octanol–water partition coefficient (Wildman–Crippen LogP) is 3.33. The lowest BCUT2D eigenvalue weighted by molar-refractivity contribution is 0.442. The van der Waals surface area contributed by atoms with Gasteiger partial charge in [-0.25, -0.2) is 0 Å². The van der Waals surface area contributed by atoms with Gasteiger partial charge in [0.15, 0.2) is 0 Å². The van der Waals surface area contributed by atoms with Gasteiger partial charge in [0.2, 0.25) is 0 Å². The minimum absolute atomic E-state index is 0. The normalized spacial score (nSPS) is 12.1. The average molecular weight is 256 g/mol. The monoisotopic (exact) mass is 255 g/mol. The number of halogens is 2. The molecule has 92 valence electrons. The molecule has 2 aromatic rings. The molecule has 0 saturated heterocycles. The van der Waals surface area contributed by atoms with E-state index in [0.717, 1.165) is 16.3 Å². The van der Waals surface area contributed by atoms with Crippen LogP contribution >= 0.6 is 12.4 Å². The number of rotatable bonds is 3. The molecule has 0 fully saturated rings. The van der Waals surface area contributed by atoms with E-state index in [4.69, 9.17) is 5.73 Å². The molecule has 0 aliphatic carbocycles.